The zero-order chi connectivity index (χ0) is 24.7. The van der Waals surface area contributed by atoms with Gasteiger partial charge in [-0.15, -0.1) is 0 Å². The van der Waals surface area contributed by atoms with E-state index in [0.29, 0.717) is 11.3 Å². The Kier molecular flexibility index (Phi) is 9.25. The van der Waals surface area contributed by atoms with E-state index in [-0.39, 0.29) is 38.1 Å². The van der Waals surface area contributed by atoms with Crippen LogP contribution in [0, 0.1) is 3.57 Å². The van der Waals surface area contributed by atoms with Crippen molar-refractivity contribution in [2.45, 2.75) is 44.6 Å². The standard InChI is InChI=1S/C24H27IN2O7/c1-2-19(29)24(32)27(13-15-7-10-33-14-15)18-11-16(23(31)26-8-9-28)12-21(22(18)30)34-20-6-4-3-5-17(20)25/h3-7,10,12,14,18,21-22,28,30H,2,8-9,11,13H2,1H3,(H,26,31)/t18-,21+,22+/m1/s1. The van der Waals surface area contributed by atoms with Gasteiger partial charge in [0.1, 0.15) is 18.0 Å². The number of hydrogen-bond acceptors (Lipinski definition) is 7. The highest BCUT2D eigenvalue weighted by molar-refractivity contribution is 14.1. The van der Waals surface area contributed by atoms with Gasteiger partial charge in [-0.05, 0) is 46.9 Å². The number of nitrogens with zero attached hydrogens (tertiary/aromatic N) is 1. The van der Waals surface area contributed by atoms with Gasteiger partial charge in [-0.2, -0.15) is 0 Å². The number of nitrogens with one attached hydrogen (secondary N) is 1. The van der Waals surface area contributed by atoms with Gasteiger partial charge < -0.3 is 29.6 Å². The quantitative estimate of drug-likeness (QED) is 0.288. The minimum Gasteiger partial charge on any atom is -0.482 e. The second-order valence-electron chi connectivity index (χ2n) is 7.79. The lowest BCUT2D eigenvalue weighted by molar-refractivity contribution is -0.149. The van der Waals surface area contributed by atoms with Crippen molar-refractivity contribution in [1.82, 2.24) is 10.2 Å². The Morgan fingerprint density at radius 3 is 2.68 bits per heavy atom. The molecule has 3 N–H and O–H groups in total. The van der Waals surface area contributed by atoms with Gasteiger partial charge in [0, 0.05) is 37.1 Å². The summed E-state index contributed by atoms with van der Waals surface area (Å²) in [6.07, 6.45) is 2.27. The maximum atomic E-state index is 13.1. The molecule has 9 nitrogen and oxygen atoms in total. The number of benzene rings is 1. The van der Waals surface area contributed by atoms with Gasteiger partial charge in [-0.3, -0.25) is 14.4 Å². The molecule has 0 saturated carbocycles. The monoisotopic (exact) mass is 582 g/mol. The summed E-state index contributed by atoms with van der Waals surface area (Å²) < 4.78 is 12.0. The average Bonchev–Trinajstić information content (AvgIpc) is 3.36. The maximum absolute atomic E-state index is 13.1. The highest BCUT2D eigenvalue weighted by Gasteiger charge is 2.41. The van der Waals surface area contributed by atoms with Crippen molar-refractivity contribution in [2.75, 3.05) is 13.2 Å². The molecule has 1 aliphatic rings. The van der Waals surface area contributed by atoms with E-state index in [0.717, 1.165) is 3.57 Å². The fraction of sp³-hybridized carbons (Fsp3) is 0.375. The molecule has 3 atom stereocenters. The van der Waals surface area contributed by atoms with E-state index in [9.17, 15) is 19.5 Å². The number of furan rings is 1. The summed E-state index contributed by atoms with van der Waals surface area (Å²) in [5, 5.41) is 23.0. The molecule has 10 heteroatoms. The smallest absolute Gasteiger partial charge is 0.290 e. The fourth-order valence-electron chi connectivity index (χ4n) is 3.70. The molecule has 1 aliphatic carbocycles. The SMILES string of the molecule is CCC(=O)C(=O)N(Cc1ccoc1)[C@@H]1CC(C(=O)NCCO)=C[C@H](Oc2ccccc2I)[C@H]1O. The van der Waals surface area contributed by atoms with Crippen LogP contribution in [-0.4, -0.2) is 64.1 Å². The number of carbonyl (C=O) groups excluding carboxylic acids is 3. The molecule has 3 rings (SSSR count). The Hall–Kier alpha value is -2.70. The van der Waals surface area contributed by atoms with Crippen LogP contribution in [0.3, 0.4) is 0 Å². The Balaban J connectivity index is 1.98. The number of aliphatic hydroxyl groups excluding tert-OH is 2. The first-order chi connectivity index (χ1) is 16.3. The van der Waals surface area contributed by atoms with E-state index in [1.807, 2.05) is 12.1 Å². The molecule has 0 aliphatic heterocycles. The van der Waals surface area contributed by atoms with Gasteiger partial charge in [0.2, 0.25) is 11.7 Å². The topological polar surface area (TPSA) is 129 Å². The van der Waals surface area contributed by atoms with Gasteiger partial charge in [-0.25, -0.2) is 0 Å². The van der Waals surface area contributed by atoms with E-state index in [1.165, 1.54) is 23.5 Å². The summed E-state index contributed by atoms with van der Waals surface area (Å²) in [6, 6.07) is 7.97. The van der Waals surface area contributed by atoms with E-state index in [2.05, 4.69) is 27.9 Å². The van der Waals surface area contributed by atoms with Crippen LogP contribution in [0.2, 0.25) is 0 Å². The second-order valence-corrected chi connectivity index (χ2v) is 8.95. The molecule has 1 aromatic carbocycles. The van der Waals surface area contributed by atoms with Gasteiger partial charge >= 0.3 is 0 Å². The largest absolute Gasteiger partial charge is 0.482 e. The zero-order valence-corrected chi connectivity index (χ0v) is 20.8. The number of rotatable bonds is 10. The highest BCUT2D eigenvalue weighted by atomic mass is 127. The molecular formula is C24H27IN2O7. The summed E-state index contributed by atoms with van der Waals surface area (Å²) >= 11 is 2.10. The first kappa shape index (κ1) is 25.9. The number of ketones is 1. The number of para-hydroxylation sites is 1. The molecule has 2 aromatic rings. The van der Waals surface area contributed by atoms with Gasteiger partial charge in [-0.1, -0.05) is 19.1 Å². The fourth-order valence-corrected chi connectivity index (χ4v) is 4.21. The summed E-state index contributed by atoms with van der Waals surface area (Å²) in [5.41, 5.74) is 0.925. The third-order valence-corrected chi connectivity index (χ3v) is 6.36. The van der Waals surface area contributed by atoms with Crippen LogP contribution in [0.5, 0.6) is 5.75 Å². The van der Waals surface area contributed by atoms with Crippen molar-refractivity contribution < 1.29 is 33.8 Å². The van der Waals surface area contributed by atoms with Crippen LogP contribution < -0.4 is 10.1 Å². The van der Waals surface area contributed by atoms with Crippen LogP contribution in [0.4, 0.5) is 0 Å². The lowest BCUT2D eigenvalue weighted by Crippen LogP contribution is -2.56. The number of ether oxygens (including phenoxy) is 1. The molecule has 0 unspecified atom stereocenters. The molecule has 0 saturated heterocycles. The van der Waals surface area contributed by atoms with Crippen LogP contribution in [-0.2, 0) is 20.9 Å². The predicted octanol–water partition coefficient (Wildman–Crippen LogP) is 1.81. The zero-order valence-electron chi connectivity index (χ0n) is 18.6. The molecule has 1 heterocycles. The summed E-state index contributed by atoms with van der Waals surface area (Å²) in [7, 11) is 0. The Morgan fingerprint density at radius 2 is 2.03 bits per heavy atom. The minimum absolute atomic E-state index is 0.00472. The first-order valence-electron chi connectivity index (χ1n) is 10.9. The van der Waals surface area contributed by atoms with Crippen LogP contribution in [0.15, 0.2) is 58.9 Å². The molecule has 0 spiro atoms. The number of Topliss-reactive ketones (excluding diaryl/α,β-unsaturated/α-hetero) is 1. The van der Waals surface area contributed by atoms with Crippen molar-refractivity contribution in [2.24, 2.45) is 0 Å². The molecule has 34 heavy (non-hydrogen) atoms. The molecule has 0 radical (unpaired) electrons. The number of halogens is 1. The normalized spacial score (nSPS) is 19.8. The summed E-state index contributed by atoms with van der Waals surface area (Å²) in [5.74, 6) is -1.29. The van der Waals surface area contributed by atoms with Crippen molar-refractivity contribution in [3.63, 3.8) is 0 Å². The van der Waals surface area contributed by atoms with E-state index >= 15 is 0 Å². The number of carbonyl (C=O) groups is 3. The predicted molar refractivity (Wildman–Crippen MR) is 131 cm³/mol. The third kappa shape index (κ3) is 6.24. The van der Waals surface area contributed by atoms with Gasteiger partial charge in [0.25, 0.3) is 5.91 Å². The maximum Gasteiger partial charge on any atom is 0.290 e. The lowest BCUT2D eigenvalue weighted by atomic mass is 9.87. The molecule has 2 amide bonds. The average molecular weight is 582 g/mol. The number of aliphatic hydroxyl groups is 2. The second kappa shape index (κ2) is 12.1. The molecule has 1 aromatic heterocycles. The van der Waals surface area contributed by atoms with Crippen molar-refractivity contribution in [3.05, 3.63) is 63.6 Å². The van der Waals surface area contributed by atoms with Crippen LogP contribution in [0.25, 0.3) is 0 Å². The van der Waals surface area contributed by atoms with E-state index in [4.69, 9.17) is 14.3 Å². The molecule has 0 bridgehead atoms. The Bertz CT molecular complexity index is 1040. The van der Waals surface area contributed by atoms with Gasteiger partial charge in [0.05, 0.1) is 28.7 Å². The number of amides is 2. The molecule has 182 valence electrons. The number of hydrogen-bond donors (Lipinski definition) is 3. The van der Waals surface area contributed by atoms with Crippen molar-refractivity contribution in [1.29, 1.82) is 0 Å². The molecule has 0 fully saturated rings. The van der Waals surface area contributed by atoms with Crippen molar-refractivity contribution in [3.8, 4) is 5.75 Å². The minimum atomic E-state index is -1.22. The van der Waals surface area contributed by atoms with Crippen molar-refractivity contribution >= 4 is 40.2 Å². The highest BCUT2D eigenvalue weighted by Crippen LogP contribution is 2.30. The van der Waals surface area contributed by atoms with Crippen LogP contribution >= 0.6 is 22.6 Å². The molecular weight excluding hydrogens is 555 g/mol. The van der Waals surface area contributed by atoms with E-state index < -0.39 is 35.8 Å². The van der Waals surface area contributed by atoms with Gasteiger partial charge in [0.15, 0.2) is 0 Å². The summed E-state index contributed by atoms with van der Waals surface area (Å²) in [6.45, 7) is 1.43. The van der Waals surface area contributed by atoms with Crippen LogP contribution in [0.1, 0.15) is 25.3 Å². The first-order valence-corrected chi connectivity index (χ1v) is 12.0. The summed E-state index contributed by atoms with van der Waals surface area (Å²) in [4.78, 5) is 39.4. The Labute approximate surface area is 210 Å². The van der Waals surface area contributed by atoms with E-state index in [1.54, 1.807) is 25.1 Å². The lowest BCUT2D eigenvalue weighted by Gasteiger charge is -2.40. The Morgan fingerprint density at radius 1 is 1.26 bits per heavy atom. The third-order valence-electron chi connectivity index (χ3n) is 5.47.